The molecular weight excluding hydrogens is 354 g/mol. The highest BCUT2D eigenvalue weighted by atomic mass is 32.2. The number of hydrogen-bond donors (Lipinski definition) is 1. The fraction of sp³-hybridized carbons (Fsp3) is 0.211. The number of rotatable bonds is 4. The molecule has 1 N–H and O–H groups in total. The molecule has 1 amide bonds. The third-order valence-electron chi connectivity index (χ3n) is 3.90. The first-order valence-corrected chi connectivity index (χ1v) is 9.55. The summed E-state index contributed by atoms with van der Waals surface area (Å²) in [7, 11) is -4.00. The van der Waals surface area contributed by atoms with Crippen molar-refractivity contribution < 1.29 is 22.7 Å². The lowest BCUT2D eigenvalue weighted by molar-refractivity contribution is -0.114. The van der Waals surface area contributed by atoms with Gasteiger partial charge in [-0.05, 0) is 43.2 Å². The van der Waals surface area contributed by atoms with Crippen molar-refractivity contribution in [2.45, 2.75) is 18.7 Å². The number of benzene rings is 2. The van der Waals surface area contributed by atoms with Gasteiger partial charge in [-0.1, -0.05) is 23.8 Å². The van der Waals surface area contributed by atoms with Gasteiger partial charge in [0.25, 0.3) is 15.9 Å². The van der Waals surface area contributed by atoms with Gasteiger partial charge in [0.1, 0.15) is 13.2 Å². The molecule has 1 aliphatic heterocycles. The minimum absolute atomic E-state index is 0.0602. The minimum Gasteiger partial charge on any atom is -0.486 e. The van der Waals surface area contributed by atoms with Crippen molar-refractivity contribution in [1.29, 1.82) is 0 Å². The van der Waals surface area contributed by atoms with E-state index >= 15 is 0 Å². The first-order valence-electron chi connectivity index (χ1n) is 8.07. The molecule has 1 aliphatic rings. The molecule has 0 unspecified atom stereocenters. The van der Waals surface area contributed by atoms with Crippen LogP contribution in [0.15, 0.2) is 47.4 Å². The maximum Gasteiger partial charge on any atom is 0.264 e. The van der Waals surface area contributed by atoms with Crippen LogP contribution >= 0.6 is 0 Å². The van der Waals surface area contributed by atoms with Gasteiger partial charge < -0.3 is 9.47 Å². The van der Waals surface area contributed by atoms with Crippen LogP contribution in [0.5, 0.6) is 11.5 Å². The van der Waals surface area contributed by atoms with E-state index < -0.39 is 15.9 Å². The molecule has 3 rings (SSSR count). The van der Waals surface area contributed by atoms with Crippen molar-refractivity contribution in [1.82, 2.24) is 4.72 Å². The Balaban J connectivity index is 1.74. The van der Waals surface area contributed by atoms with E-state index in [4.69, 9.17) is 9.47 Å². The Bertz CT molecular complexity index is 979. The summed E-state index contributed by atoms with van der Waals surface area (Å²) in [4.78, 5) is 12.0. The fourth-order valence-electron chi connectivity index (χ4n) is 2.59. The minimum atomic E-state index is -4.00. The lowest BCUT2D eigenvalue weighted by atomic mass is 10.1. The van der Waals surface area contributed by atoms with Gasteiger partial charge in [0.2, 0.25) is 0 Å². The lowest BCUT2D eigenvalue weighted by Gasteiger charge is -2.18. The smallest absolute Gasteiger partial charge is 0.264 e. The molecule has 0 atom stereocenters. The first-order chi connectivity index (χ1) is 12.3. The molecule has 2 aromatic rings. The lowest BCUT2D eigenvalue weighted by Crippen LogP contribution is -2.29. The normalized spacial score (nSPS) is 13.6. The van der Waals surface area contributed by atoms with Crippen molar-refractivity contribution in [2.24, 2.45) is 0 Å². The van der Waals surface area contributed by atoms with Crippen molar-refractivity contribution >= 4 is 22.0 Å². The van der Waals surface area contributed by atoms with Gasteiger partial charge in [0.05, 0.1) is 4.90 Å². The standard InChI is InChI=1S/C19H19NO5S/c1-13-3-4-15(14(2)11-13)5-8-19(21)20-26(22,23)16-6-7-17-18(12-16)25-10-9-24-17/h3-8,11-12H,9-10H2,1-2H3,(H,20,21)/b8-5+. The Kier molecular flexibility index (Phi) is 4.99. The number of sulfonamides is 1. The second-order valence-corrected chi connectivity index (χ2v) is 7.65. The van der Waals surface area contributed by atoms with Crippen LogP contribution in [-0.2, 0) is 14.8 Å². The van der Waals surface area contributed by atoms with Gasteiger partial charge in [-0.3, -0.25) is 4.79 Å². The van der Waals surface area contributed by atoms with E-state index in [1.54, 1.807) is 6.08 Å². The summed E-state index contributed by atoms with van der Waals surface area (Å²) < 4.78 is 37.5. The maximum absolute atomic E-state index is 12.4. The van der Waals surface area contributed by atoms with E-state index in [2.05, 4.69) is 0 Å². The summed E-state index contributed by atoms with van der Waals surface area (Å²) in [5.74, 6) is 0.105. The van der Waals surface area contributed by atoms with Gasteiger partial charge >= 0.3 is 0 Å². The summed E-state index contributed by atoms with van der Waals surface area (Å²) >= 11 is 0. The van der Waals surface area contributed by atoms with Crippen LogP contribution in [0.3, 0.4) is 0 Å². The van der Waals surface area contributed by atoms with Crippen molar-refractivity contribution in [3.05, 3.63) is 59.2 Å². The molecule has 0 saturated carbocycles. The number of nitrogens with one attached hydrogen (secondary N) is 1. The molecule has 0 radical (unpaired) electrons. The van der Waals surface area contributed by atoms with Crippen molar-refractivity contribution in [3.8, 4) is 11.5 Å². The number of carbonyl (C=O) groups is 1. The first kappa shape index (κ1) is 18.0. The largest absolute Gasteiger partial charge is 0.486 e. The number of hydrogen-bond acceptors (Lipinski definition) is 5. The van der Waals surface area contributed by atoms with Crippen LogP contribution in [0, 0.1) is 13.8 Å². The number of amides is 1. The zero-order valence-corrected chi connectivity index (χ0v) is 15.3. The molecule has 0 saturated heterocycles. The Morgan fingerprint density at radius 1 is 1.04 bits per heavy atom. The molecule has 6 nitrogen and oxygen atoms in total. The maximum atomic E-state index is 12.4. The number of ether oxygens (including phenoxy) is 2. The topological polar surface area (TPSA) is 81.7 Å². The van der Waals surface area contributed by atoms with E-state index in [0.717, 1.165) is 16.7 Å². The zero-order chi connectivity index (χ0) is 18.7. The average Bonchev–Trinajstić information content (AvgIpc) is 2.60. The summed E-state index contributed by atoms with van der Waals surface area (Å²) in [5.41, 5.74) is 2.97. The van der Waals surface area contributed by atoms with Gasteiger partial charge in [-0.15, -0.1) is 0 Å². The summed E-state index contributed by atoms with van der Waals surface area (Å²) in [6, 6.07) is 10.0. The third-order valence-corrected chi connectivity index (χ3v) is 5.24. The Labute approximate surface area is 152 Å². The molecule has 0 aliphatic carbocycles. The van der Waals surface area contributed by atoms with Crippen LogP contribution in [-0.4, -0.2) is 27.5 Å². The summed E-state index contributed by atoms with van der Waals surface area (Å²) in [5, 5.41) is 0. The summed E-state index contributed by atoms with van der Waals surface area (Å²) in [6.45, 7) is 4.67. The highest BCUT2D eigenvalue weighted by Crippen LogP contribution is 2.32. The highest BCUT2D eigenvalue weighted by molar-refractivity contribution is 7.90. The predicted octanol–water partition coefficient (Wildman–Crippen LogP) is 2.59. The van der Waals surface area contributed by atoms with E-state index in [1.165, 1.54) is 24.3 Å². The molecule has 0 aromatic heterocycles. The van der Waals surface area contributed by atoms with Crippen molar-refractivity contribution in [3.63, 3.8) is 0 Å². The Morgan fingerprint density at radius 2 is 1.77 bits per heavy atom. The quantitative estimate of drug-likeness (QED) is 0.833. The third kappa shape index (κ3) is 4.05. The van der Waals surface area contributed by atoms with E-state index in [-0.39, 0.29) is 4.90 Å². The number of fused-ring (bicyclic) bond motifs is 1. The molecular formula is C19H19NO5S. The van der Waals surface area contributed by atoms with Crippen LogP contribution in [0.4, 0.5) is 0 Å². The molecule has 0 fully saturated rings. The van der Waals surface area contributed by atoms with Gasteiger partial charge in [-0.25, -0.2) is 13.1 Å². The van der Waals surface area contributed by atoms with Gasteiger partial charge in [0.15, 0.2) is 11.5 Å². The molecule has 7 heteroatoms. The Hall–Kier alpha value is -2.80. The van der Waals surface area contributed by atoms with E-state index in [9.17, 15) is 13.2 Å². The monoisotopic (exact) mass is 373 g/mol. The SMILES string of the molecule is Cc1ccc(/C=C/C(=O)NS(=O)(=O)c2ccc3c(c2)OCCO3)c(C)c1. The van der Waals surface area contributed by atoms with Crippen LogP contribution < -0.4 is 14.2 Å². The molecule has 0 bridgehead atoms. The molecule has 136 valence electrons. The fourth-order valence-corrected chi connectivity index (χ4v) is 3.55. The number of aryl methyl sites for hydroxylation is 2. The molecule has 0 spiro atoms. The van der Waals surface area contributed by atoms with E-state index in [1.807, 2.05) is 36.8 Å². The van der Waals surface area contributed by atoms with Crippen LogP contribution in [0.2, 0.25) is 0 Å². The van der Waals surface area contributed by atoms with Gasteiger partial charge in [-0.2, -0.15) is 0 Å². The van der Waals surface area contributed by atoms with Crippen LogP contribution in [0.1, 0.15) is 16.7 Å². The number of carbonyl (C=O) groups excluding carboxylic acids is 1. The zero-order valence-electron chi connectivity index (χ0n) is 14.5. The molecule has 26 heavy (non-hydrogen) atoms. The summed E-state index contributed by atoms with van der Waals surface area (Å²) in [6.07, 6.45) is 2.79. The highest BCUT2D eigenvalue weighted by Gasteiger charge is 2.20. The second-order valence-electron chi connectivity index (χ2n) is 5.97. The molecule has 2 aromatic carbocycles. The van der Waals surface area contributed by atoms with E-state index in [0.29, 0.717) is 24.7 Å². The molecule has 1 heterocycles. The van der Waals surface area contributed by atoms with Gasteiger partial charge in [0, 0.05) is 12.1 Å². The van der Waals surface area contributed by atoms with Crippen LogP contribution in [0.25, 0.3) is 6.08 Å². The average molecular weight is 373 g/mol. The second kappa shape index (κ2) is 7.21. The predicted molar refractivity (Wildman–Crippen MR) is 97.7 cm³/mol. The Morgan fingerprint density at radius 3 is 2.50 bits per heavy atom. The van der Waals surface area contributed by atoms with Crippen molar-refractivity contribution in [2.75, 3.05) is 13.2 Å².